The molecule has 0 aliphatic rings. The van der Waals surface area contributed by atoms with E-state index in [2.05, 4.69) is 48.0 Å². The molecule has 0 aliphatic carbocycles. The molecule has 2 N–H and O–H groups in total. The molecule has 0 saturated heterocycles. The summed E-state index contributed by atoms with van der Waals surface area (Å²) in [6.45, 7) is 6.72. The second kappa shape index (κ2) is 5.66. The first-order valence-electron chi connectivity index (χ1n) is 6.22. The molecule has 0 atom stereocenters. The summed E-state index contributed by atoms with van der Waals surface area (Å²) in [5.74, 6) is 0.768. The van der Waals surface area contributed by atoms with Crippen molar-refractivity contribution >= 4 is 21.6 Å². The normalized spacial score (nSPS) is 10.5. The van der Waals surface area contributed by atoms with Crippen LogP contribution in [0, 0.1) is 20.8 Å². The van der Waals surface area contributed by atoms with Gasteiger partial charge >= 0.3 is 0 Å². The summed E-state index contributed by atoms with van der Waals surface area (Å²) in [4.78, 5) is 0. The van der Waals surface area contributed by atoms with Crippen molar-refractivity contribution in [2.45, 2.75) is 27.4 Å². The van der Waals surface area contributed by atoms with Crippen LogP contribution in [0.2, 0.25) is 0 Å². The quantitative estimate of drug-likeness (QED) is 0.843. The van der Waals surface area contributed by atoms with Crippen molar-refractivity contribution in [2.24, 2.45) is 0 Å². The fourth-order valence-corrected chi connectivity index (χ4v) is 2.65. The molecule has 0 radical (unpaired) electrons. The van der Waals surface area contributed by atoms with Crippen LogP contribution in [0.3, 0.4) is 0 Å². The van der Waals surface area contributed by atoms with Crippen molar-refractivity contribution in [3.05, 3.63) is 57.1 Å². The van der Waals surface area contributed by atoms with E-state index >= 15 is 0 Å². The predicted octanol–water partition coefficient (Wildman–Crippen LogP) is 4.54. The van der Waals surface area contributed by atoms with E-state index in [4.69, 9.17) is 10.5 Å². The van der Waals surface area contributed by atoms with Gasteiger partial charge in [0, 0.05) is 4.47 Å². The number of ether oxygens (including phenoxy) is 1. The zero-order chi connectivity index (χ0) is 14.0. The van der Waals surface area contributed by atoms with Crippen LogP contribution >= 0.6 is 15.9 Å². The minimum atomic E-state index is 0.542. The molecule has 2 aromatic carbocycles. The van der Waals surface area contributed by atoms with E-state index in [1.807, 2.05) is 19.1 Å². The van der Waals surface area contributed by atoms with E-state index in [9.17, 15) is 0 Å². The van der Waals surface area contributed by atoms with Gasteiger partial charge in [-0.1, -0.05) is 39.7 Å². The van der Waals surface area contributed by atoms with Gasteiger partial charge in [0.15, 0.2) is 0 Å². The highest BCUT2D eigenvalue weighted by Gasteiger charge is 2.07. The SMILES string of the molecule is Cc1ccc(C)c(COc2c(C)cc(Br)cc2N)c1. The van der Waals surface area contributed by atoms with Gasteiger partial charge < -0.3 is 10.5 Å². The molecular formula is C16H18BrNO. The monoisotopic (exact) mass is 319 g/mol. The van der Waals surface area contributed by atoms with Crippen molar-refractivity contribution in [3.8, 4) is 5.75 Å². The topological polar surface area (TPSA) is 35.2 Å². The van der Waals surface area contributed by atoms with Gasteiger partial charge in [0.2, 0.25) is 0 Å². The van der Waals surface area contributed by atoms with Crippen LogP contribution in [0.25, 0.3) is 0 Å². The highest BCUT2D eigenvalue weighted by Crippen LogP contribution is 2.30. The minimum Gasteiger partial charge on any atom is -0.486 e. The van der Waals surface area contributed by atoms with Crippen LogP contribution in [0.4, 0.5) is 5.69 Å². The third-order valence-corrected chi connectivity index (χ3v) is 3.60. The first-order valence-corrected chi connectivity index (χ1v) is 7.01. The number of hydrogen-bond donors (Lipinski definition) is 1. The van der Waals surface area contributed by atoms with Crippen molar-refractivity contribution in [1.82, 2.24) is 0 Å². The Morgan fingerprint density at radius 1 is 1.05 bits per heavy atom. The molecule has 0 spiro atoms. The summed E-state index contributed by atoms with van der Waals surface area (Å²) < 4.78 is 6.87. The van der Waals surface area contributed by atoms with Gasteiger partial charge in [-0.2, -0.15) is 0 Å². The lowest BCUT2D eigenvalue weighted by Gasteiger charge is -2.14. The third-order valence-electron chi connectivity index (χ3n) is 3.14. The van der Waals surface area contributed by atoms with Crippen LogP contribution in [0.1, 0.15) is 22.3 Å². The Kier molecular flexibility index (Phi) is 4.15. The zero-order valence-electron chi connectivity index (χ0n) is 11.5. The molecule has 19 heavy (non-hydrogen) atoms. The molecule has 0 amide bonds. The van der Waals surface area contributed by atoms with Gasteiger partial charge in [-0.15, -0.1) is 0 Å². The molecule has 0 bridgehead atoms. The first kappa shape index (κ1) is 13.9. The Bertz CT molecular complexity index is 585. The van der Waals surface area contributed by atoms with Crippen molar-refractivity contribution in [1.29, 1.82) is 0 Å². The van der Waals surface area contributed by atoms with Crippen molar-refractivity contribution in [2.75, 3.05) is 5.73 Å². The second-order valence-corrected chi connectivity index (χ2v) is 5.78. The number of hydrogen-bond acceptors (Lipinski definition) is 2. The van der Waals surface area contributed by atoms with Crippen LogP contribution < -0.4 is 10.5 Å². The second-order valence-electron chi connectivity index (χ2n) is 4.86. The van der Waals surface area contributed by atoms with Crippen molar-refractivity contribution in [3.63, 3.8) is 0 Å². The summed E-state index contributed by atoms with van der Waals surface area (Å²) in [7, 11) is 0. The number of aryl methyl sites for hydroxylation is 3. The minimum absolute atomic E-state index is 0.542. The molecule has 0 aromatic heterocycles. The summed E-state index contributed by atoms with van der Waals surface area (Å²) in [6.07, 6.45) is 0. The predicted molar refractivity (Wildman–Crippen MR) is 83.5 cm³/mol. The number of nitrogens with two attached hydrogens (primary N) is 1. The van der Waals surface area contributed by atoms with E-state index < -0.39 is 0 Å². The van der Waals surface area contributed by atoms with Crippen LogP contribution in [0.5, 0.6) is 5.75 Å². The molecule has 3 heteroatoms. The van der Waals surface area contributed by atoms with E-state index in [0.717, 1.165) is 15.8 Å². The number of rotatable bonds is 3. The van der Waals surface area contributed by atoms with E-state index in [1.165, 1.54) is 16.7 Å². The number of benzene rings is 2. The zero-order valence-corrected chi connectivity index (χ0v) is 13.0. The Morgan fingerprint density at radius 3 is 2.47 bits per heavy atom. The smallest absolute Gasteiger partial charge is 0.145 e. The van der Waals surface area contributed by atoms with E-state index in [-0.39, 0.29) is 0 Å². The molecule has 2 rings (SSSR count). The number of nitrogen functional groups attached to an aromatic ring is 1. The Labute approximate surface area is 122 Å². The third kappa shape index (κ3) is 3.29. The fraction of sp³-hybridized carbons (Fsp3) is 0.250. The lowest BCUT2D eigenvalue weighted by atomic mass is 10.1. The summed E-state index contributed by atoms with van der Waals surface area (Å²) in [5, 5.41) is 0. The van der Waals surface area contributed by atoms with Gasteiger partial charge in [-0.3, -0.25) is 0 Å². The van der Waals surface area contributed by atoms with Gasteiger partial charge in [0.1, 0.15) is 12.4 Å². The maximum absolute atomic E-state index is 6.00. The van der Waals surface area contributed by atoms with Crippen LogP contribution in [-0.4, -0.2) is 0 Å². The van der Waals surface area contributed by atoms with Crippen molar-refractivity contribution < 1.29 is 4.74 Å². The van der Waals surface area contributed by atoms with Gasteiger partial charge in [-0.25, -0.2) is 0 Å². The van der Waals surface area contributed by atoms with Gasteiger partial charge in [-0.05, 0) is 49.6 Å². The average molecular weight is 320 g/mol. The molecule has 2 nitrogen and oxygen atoms in total. The van der Waals surface area contributed by atoms with E-state index in [0.29, 0.717) is 12.3 Å². The molecule has 0 heterocycles. The summed E-state index contributed by atoms with van der Waals surface area (Å²) in [6, 6.07) is 10.3. The molecule has 0 fully saturated rings. The van der Waals surface area contributed by atoms with Gasteiger partial charge in [0.25, 0.3) is 0 Å². The number of halogens is 1. The Morgan fingerprint density at radius 2 is 1.79 bits per heavy atom. The molecule has 0 aliphatic heterocycles. The Hall–Kier alpha value is -1.48. The van der Waals surface area contributed by atoms with E-state index in [1.54, 1.807) is 0 Å². The Balaban J connectivity index is 2.21. The summed E-state index contributed by atoms with van der Waals surface area (Å²) >= 11 is 3.43. The molecule has 100 valence electrons. The standard InChI is InChI=1S/C16H18BrNO/c1-10-4-5-11(2)13(6-10)9-19-16-12(3)7-14(17)8-15(16)18/h4-8H,9,18H2,1-3H3. The molecule has 0 unspecified atom stereocenters. The molecule has 2 aromatic rings. The maximum atomic E-state index is 6.00. The maximum Gasteiger partial charge on any atom is 0.145 e. The first-order chi connectivity index (χ1) is 8.97. The lowest BCUT2D eigenvalue weighted by molar-refractivity contribution is 0.305. The average Bonchev–Trinajstić information content (AvgIpc) is 2.32. The lowest BCUT2D eigenvalue weighted by Crippen LogP contribution is -2.02. The summed E-state index contributed by atoms with van der Waals surface area (Å²) in [5.41, 5.74) is 11.4. The molecular weight excluding hydrogens is 302 g/mol. The highest BCUT2D eigenvalue weighted by atomic mass is 79.9. The molecule has 0 saturated carbocycles. The van der Waals surface area contributed by atoms with Crippen LogP contribution in [-0.2, 0) is 6.61 Å². The fourth-order valence-electron chi connectivity index (χ4n) is 2.06. The van der Waals surface area contributed by atoms with Gasteiger partial charge in [0.05, 0.1) is 5.69 Å². The number of anilines is 1. The van der Waals surface area contributed by atoms with Crippen LogP contribution in [0.15, 0.2) is 34.8 Å². The largest absolute Gasteiger partial charge is 0.486 e. The highest BCUT2D eigenvalue weighted by molar-refractivity contribution is 9.10.